The molecule has 5 aromatic carbocycles. The fourth-order valence-corrected chi connectivity index (χ4v) is 6.86. The maximum Gasteiger partial charge on any atom is 0.161 e. The molecule has 0 aliphatic carbocycles. The van der Waals surface area contributed by atoms with E-state index in [1.807, 2.05) is 36.4 Å². The van der Waals surface area contributed by atoms with Crippen molar-refractivity contribution in [1.82, 2.24) is 0 Å². The zero-order chi connectivity index (χ0) is 49.0. The van der Waals surface area contributed by atoms with Gasteiger partial charge in [0.1, 0.15) is 13.2 Å². The van der Waals surface area contributed by atoms with Crippen LogP contribution in [0.3, 0.4) is 0 Å². The van der Waals surface area contributed by atoms with Crippen LogP contribution in [0.4, 0.5) is 0 Å². The molecule has 0 amide bonds. The van der Waals surface area contributed by atoms with Crippen LogP contribution in [0.15, 0.2) is 103 Å². The van der Waals surface area contributed by atoms with E-state index in [-0.39, 0.29) is 5.41 Å². The van der Waals surface area contributed by atoms with Crippen molar-refractivity contribution in [2.24, 2.45) is 0 Å². The molecule has 0 fully saturated rings. The monoisotopic (exact) mass is 975 g/mol. The number of ether oxygens (including phenoxy) is 14. The maximum atomic E-state index is 6.11. The molecule has 5 rings (SSSR count). The first-order chi connectivity index (χ1) is 34.5. The van der Waals surface area contributed by atoms with Crippen LogP contribution in [0, 0.1) is 0 Å². The smallest absolute Gasteiger partial charge is 0.161 e. The second kappa shape index (κ2) is 35.8. The second-order valence-electron chi connectivity index (χ2n) is 17.2. The Balaban J connectivity index is 0.750. The average molecular weight is 975 g/mol. The molecule has 0 N–H and O–H groups in total. The van der Waals surface area contributed by atoms with Gasteiger partial charge in [0.15, 0.2) is 11.5 Å². The topological polar surface area (TPSA) is 129 Å². The summed E-state index contributed by atoms with van der Waals surface area (Å²) in [5, 5.41) is 4.91. The van der Waals surface area contributed by atoms with E-state index in [4.69, 9.17) is 66.3 Å². The first-order valence-corrected chi connectivity index (χ1v) is 24.7. The number of rotatable bonds is 42. The lowest BCUT2D eigenvalue weighted by molar-refractivity contribution is -0.0189. The summed E-state index contributed by atoms with van der Waals surface area (Å²) in [4.78, 5) is 0. The molecule has 0 bridgehead atoms. The molecule has 0 heterocycles. The van der Waals surface area contributed by atoms with Crippen molar-refractivity contribution >= 4 is 21.5 Å². The largest absolute Gasteiger partial charge is 0.487 e. The highest BCUT2D eigenvalue weighted by Gasteiger charge is 2.17. The molecule has 0 atom stereocenters. The molecular weight excluding hydrogens is 897 g/mol. The van der Waals surface area contributed by atoms with E-state index in [0.29, 0.717) is 183 Å². The Kier molecular flexibility index (Phi) is 29.0. The van der Waals surface area contributed by atoms with Gasteiger partial charge in [-0.1, -0.05) is 99.6 Å². The van der Waals surface area contributed by atoms with Gasteiger partial charge in [-0.05, 0) is 67.9 Å². The van der Waals surface area contributed by atoms with Gasteiger partial charge in [-0.15, -0.1) is 0 Å². The number of fused-ring (bicyclic) bond motifs is 2. The van der Waals surface area contributed by atoms with Gasteiger partial charge in [-0.3, -0.25) is 0 Å². The first kappa shape index (κ1) is 56.7. The molecule has 0 aliphatic heterocycles. The van der Waals surface area contributed by atoms with Crippen LogP contribution in [0.5, 0.6) is 11.5 Å². The van der Waals surface area contributed by atoms with Crippen LogP contribution in [0.25, 0.3) is 21.5 Å². The first-order valence-electron chi connectivity index (χ1n) is 24.7. The van der Waals surface area contributed by atoms with E-state index in [2.05, 4.69) is 87.5 Å². The van der Waals surface area contributed by atoms with E-state index in [1.54, 1.807) is 0 Å². The van der Waals surface area contributed by atoms with Crippen LogP contribution < -0.4 is 9.47 Å². The van der Waals surface area contributed by atoms with E-state index in [0.717, 1.165) is 16.7 Å². The SMILES string of the molecule is CC(C)(C)c1ccc(OCCOCCOCCOCCOCCOCCOCc2ccc3ccccc3c2)c(OCCOCCOCCOCCOCCOCCOCc2ccc3ccccc3c2)c1. The van der Waals surface area contributed by atoms with Crippen molar-refractivity contribution in [1.29, 1.82) is 0 Å². The molecule has 0 unspecified atom stereocenters. The van der Waals surface area contributed by atoms with Crippen molar-refractivity contribution in [2.75, 3.05) is 159 Å². The zero-order valence-electron chi connectivity index (χ0n) is 41.9. The molecule has 5 aromatic rings. The molecule has 0 radical (unpaired) electrons. The fraction of sp³-hybridized carbons (Fsp3) is 0.536. The second-order valence-corrected chi connectivity index (χ2v) is 17.2. The molecule has 14 heteroatoms. The standard InChI is InChI=1S/C56H78O14/c1-56(2,3)53-16-17-54(69-40-38-65-32-30-61-24-22-57-18-20-59-26-28-63-34-36-67-45-47-12-14-49-8-4-6-10-51(49)42-47)55(44-53)70-41-39-66-33-31-62-25-23-58-19-21-60-27-29-64-35-37-68-46-48-13-15-50-9-5-7-11-52(50)43-48/h4-17,42-44H,18-41,45-46H2,1-3H3. The van der Waals surface area contributed by atoms with Gasteiger partial charge >= 0.3 is 0 Å². The van der Waals surface area contributed by atoms with E-state index >= 15 is 0 Å². The van der Waals surface area contributed by atoms with Gasteiger partial charge in [0.05, 0.1) is 159 Å². The predicted molar refractivity (Wildman–Crippen MR) is 272 cm³/mol. The highest BCUT2D eigenvalue weighted by Crippen LogP contribution is 2.33. The Labute approximate surface area is 415 Å². The maximum absolute atomic E-state index is 6.11. The highest BCUT2D eigenvalue weighted by atomic mass is 16.6. The van der Waals surface area contributed by atoms with Crippen molar-refractivity contribution in [3.05, 3.63) is 120 Å². The van der Waals surface area contributed by atoms with Crippen LogP contribution in [-0.4, -0.2) is 159 Å². The van der Waals surface area contributed by atoms with Crippen LogP contribution >= 0.6 is 0 Å². The summed E-state index contributed by atoms with van der Waals surface area (Å²) in [5.74, 6) is 1.34. The quantitative estimate of drug-likeness (QED) is 0.0346. The molecular formula is C56H78O14. The lowest BCUT2D eigenvalue weighted by atomic mass is 9.87. The summed E-state index contributed by atoms with van der Waals surface area (Å²) >= 11 is 0. The van der Waals surface area contributed by atoms with Gasteiger partial charge < -0.3 is 66.3 Å². The summed E-state index contributed by atoms with van der Waals surface area (Å²) in [6, 6.07) is 35.5. The minimum absolute atomic E-state index is 0.0410. The average Bonchev–Trinajstić information content (AvgIpc) is 3.37. The molecule has 0 spiro atoms. The van der Waals surface area contributed by atoms with Crippen LogP contribution in [0.2, 0.25) is 0 Å². The van der Waals surface area contributed by atoms with Gasteiger partial charge in [0.2, 0.25) is 0 Å². The molecule has 14 nitrogen and oxygen atoms in total. The third-order valence-electron chi connectivity index (χ3n) is 10.7. The molecule has 386 valence electrons. The Morgan fingerprint density at radius 1 is 0.271 bits per heavy atom. The lowest BCUT2D eigenvalue weighted by Crippen LogP contribution is -2.16. The summed E-state index contributed by atoms with van der Waals surface area (Å²) < 4.78 is 79.9. The molecule has 0 saturated heterocycles. The zero-order valence-corrected chi connectivity index (χ0v) is 41.9. The summed E-state index contributed by atoms with van der Waals surface area (Å²) in [6.07, 6.45) is 0. The molecule has 0 aromatic heterocycles. The minimum atomic E-state index is -0.0410. The van der Waals surface area contributed by atoms with Crippen molar-refractivity contribution in [3.8, 4) is 11.5 Å². The predicted octanol–water partition coefficient (Wildman–Crippen LogP) is 8.65. The molecule has 0 saturated carbocycles. The van der Waals surface area contributed by atoms with Gasteiger partial charge in [0, 0.05) is 0 Å². The van der Waals surface area contributed by atoms with Gasteiger partial charge in [0.25, 0.3) is 0 Å². The summed E-state index contributed by atoms with van der Waals surface area (Å²) in [7, 11) is 0. The van der Waals surface area contributed by atoms with Crippen molar-refractivity contribution in [3.63, 3.8) is 0 Å². The Morgan fingerprint density at radius 2 is 0.571 bits per heavy atom. The molecule has 70 heavy (non-hydrogen) atoms. The Bertz CT molecular complexity index is 2090. The van der Waals surface area contributed by atoms with Gasteiger partial charge in [-0.2, -0.15) is 0 Å². The Morgan fingerprint density at radius 3 is 0.914 bits per heavy atom. The highest BCUT2D eigenvalue weighted by molar-refractivity contribution is 5.83. The fourth-order valence-electron chi connectivity index (χ4n) is 6.86. The number of hydrogen-bond donors (Lipinski definition) is 0. The minimum Gasteiger partial charge on any atom is -0.487 e. The van der Waals surface area contributed by atoms with E-state index in [1.165, 1.54) is 21.5 Å². The number of benzene rings is 5. The lowest BCUT2D eigenvalue weighted by Gasteiger charge is -2.21. The van der Waals surface area contributed by atoms with E-state index < -0.39 is 0 Å². The van der Waals surface area contributed by atoms with Crippen molar-refractivity contribution in [2.45, 2.75) is 39.4 Å². The Hall–Kier alpha value is -4.26. The van der Waals surface area contributed by atoms with Crippen molar-refractivity contribution < 1.29 is 66.3 Å². The normalized spacial score (nSPS) is 11.8. The summed E-state index contributed by atoms with van der Waals surface area (Å²) in [5.41, 5.74) is 3.42. The third kappa shape index (κ3) is 24.7. The molecule has 0 aliphatic rings. The van der Waals surface area contributed by atoms with E-state index in [9.17, 15) is 0 Å². The van der Waals surface area contributed by atoms with Gasteiger partial charge in [-0.25, -0.2) is 0 Å². The summed E-state index contributed by atoms with van der Waals surface area (Å²) in [6.45, 7) is 19.2. The van der Waals surface area contributed by atoms with Crippen LogP contribution in [0.1, 0.15) is 37.5 Å². The number of hydrogen-bond acceptors (Lipinski definition) is 14. The van der Waals surface area contributed by atoms with Crippen LogP contribution in [-0.2, 0) is 75.5 Å². The third-order valence-corrected chi connectivity index (χ3v) is 10.7.